The number of benzene rings is 1. The molecule has 2 rings (SSSR count). The molecule has 5 nitrogen and oxygen atoms in total. The van der Waals surface area contributed by atoms with E-state index in [1.807, 2.05) is 31.5 Å². The minimum absolute atomic E-state index is 0.421. The first-order valence-electron chi connectivity index (χ1n) is 10.6. The molecular formula is C24H31N3O2. The molecule has 0 saturated heterocycles. The van der Waals surface area contributed by atoms with Crippen molar-refractivity contribution < 1.29 is 9.53 Å². The van der Waals surface area contributed by atoms with Crippen molar-refractivity contribution >= 4 is 5.97 Å². The van der Waals surface area contributed by atoms with E-state index in [-0.39, 0.29) is 0 Å². The van der Waals surface area contributed by atoms with Gasteiger partial charge < -0.3 is 4.74 Å². The number of carbonyl (C=O) groups excluding carboxylic acids is 1. The second kappa shape index (κ2) is 11.3. The highest BCUT2D eigenvalue weighted by Gasteiger charge is 2.34. The number of hydrogen-bond acceptors (Lipinski definition) is 5. The van der Waals surface area contributed by atoms with E-state index in [1.54, 1.807) is 19.1 Å². The summed E-state index contributed by atoms with van der Waals surface area (Å²) in [5.74, 6) is 0.555. The minimum atomic E-state index is -1.12. The Labute approximate surface area is 174 Å². The maximum absolute atomic E-state index is 12.4. The first-order chi connectivity index (χ1) is 14.0. The highest BCUT2D eigenvalue weighted by atomic mass is 16.5. The molecule has 2 aromatic rings. The molecule has 1 atom stereocenters. The van der Waals surface area contributed by atoms with E-state index >= 15 is 0 Å². The summed E-state index contributed by atoms with van der Waals surface area (Å²) in [7, 11) is 0. The quantitative estimate of drug-likeness (QED) is 0.270. The van der Waals surface area contributed by atoms with E-state index in [0.717, 1.165) is 36.8 Å². The van der Waals surface area contributed by atoms with Crippen molar-refractivity contribution in [1.82, 2.24) is 9.97 Å². The van der Waals surface area contributed by atoms with Gasteiger partial charge in [-0.05, 0) is 56.0 Å². The summed E-state index contributed by atoms with van der Waals surface area (Å²) in [5.41, 5.74) is 0.889. The third kappa shape index (κ3) is 6.67. The largest absolute Gasteiger partial charge is 0.425 e. The van der Waals surface area contributed by atoms with Crippen LogP contribution in [0.3, 0.4) is 0 Å². The summed E-state index contributed by atoms with van der Waals surface area (Å²) in [6.45, 7) is 5.87. The third-order valence-electron chi connectivity index (χ3n) is 5.07. The molecule has 1 aromatic heterocycles. The number of rotatable bonds is 11. The van der Waals surface area contributed by atoms with Crippen LogP contribution in [0, 0.1) is 16.7 Å². The number of hydrogen-bond donors (Lipinski definition) is 0. The van der Waals surface area contributed by atoms with E-state index in [1.165, 1.54) is 19.3 Å². The molecule has 1 unspecified atom stereocenters. The Balaban J connectivity index is 1.97. The zero-order valence-corrected chi connectivity index (χ0v) is 17.8. The molecule has 0 aliphatic rings. The Morgan fingerprint density at radius 2 is 1.69 bits per heavy atom. The SMILES string of the molecule is CCCCCCc1cnc(-c2ccc(OC(=O)C(C)(C#N)CCCC)cc2)nc1. The first kappa shape index (κ1) is 22.5. The zero-order valence-electron chi connectivity index (χ0n) is 17.8. The summed E-state index contributed by atoms with van der Waals surface area (Å²) < 4.78 is 5.44. The Bertz CT molecular complexity index is 810. The van der Waals surface area contributed by atoms with Crippen molar-refractivity contribution in [2.45, 2.75) is 72.1 Å². The number of ether oxygens (including phenoxy) is 1. The predicted octanol–water partition coefficient (Wildman–Crippen LogP) is 5.89. The average Bonchev–Trinajstić information content (AvgIpc) is 2.76. The lowest BCUT2D eigenvalue weighted by Gasteiger charge is -2.19. The molecule has 1 aromatic carbocycles. The lowest BCUT2D eigenvalue weighted by atomic mass is 9.87. The molecule has 0 saturated carbocycles. The summed E-state index contributed by atoms with van der Waals surface area (Å²) >= 11 is 0. The van der Waals surface area contributed by atoms with E-state index in [9.17, 15) is 10.1 Å². The van der Waals surface area contributed by atoms with Crippen LogP contribution in [0.25, 0.3) is 11.4 Å². The van der Waals surface area contributed by atoms with Gasteiger partial charge in [0.25, 0.3) is 0 Å². The van der Waals surface area contributed by atoms with Crippen LogP contribution in [0.2, 0.25) is 0 Å². The summed E-state index contributed by atoms with van der Waals surface area (Å²) in [5, 5.41) is 9.39. The smallest absolute Gasteiger partial charge is 0.331 e. The van der Waals surface area contributed by atoms with E-state index in [0.29, 0.717) is 18.0 Å². The van der Waals surface area contributed by atoms with Crippen LogP contribution in [0.5, 0.6) is 5.75 Å². The van der Waals surface area contributed by atoms with Crippen LogP contribution in [0.15, 0.2) is 36.7 Å². The maximum atomic E-state index is 12.4. The van der Waals surface area contributed by atoms with E-state index in [4.69, 9.17) is 4.74 Å². The topological polar surface area (TPSA) is 75.9 Å². The van der Waals surface area contributed by atoms with Crippen molar-refractivity contribution in [3.8, 4) is 23.2 Å². The molecule has 0 N–H and O–H groups in total. The van der Waals surface area contributed by atoms with Crippen LogP contribution < -0.4 is 4.74 Å². The van der Waals surface area contributed by atoms with Crippen molar-refractivity contribution in [3.63, 3.8) is 0 Å². The Hall–Kier alpha value is -2.74. The monoisotopic (exact) mass is 393 g/mol. The van der Waals surface area contributed by atoms with Gasteiger partial charge in [0.05, 0.1) is 6.07 Å². The Morgan fingerprint density at radius 3 is 2.28 bits per heavy atom. The van der Waals surface area contributed by atoms with Crippen molar-refractivity contribution in [1.29, 1.82) is 5.26 Å². The molecule has 0 aliphatic carbocycles. The maximum Gasteiger partial charge on any atom is 0.331 e. The number of nitrogens with zero attached hydrogens (tertiary/aromatic N) is 3. The van der Waals surface area contributed by atoms with Gasteiger partial charge in [0.1, 0.15) is 5.75 Å². The van der Waals surface area contributed by atoms with Gasteiger partial charge in [0.2, 0.25) is 0 Å². The van der Waals surface area contributed by atoms with Crippen LogP contribution in [0.4, 0.5) is 0 Å². The van der Waals surface area contributed by atoms with Crippen LogP contribution in [-0.4, -0.2) is 15.9 Å². The summed E-state index contributed by atoms with van der Waals surface area (Å²) in [4.78, 5) is 21.3. The molecule has 5 heteroatoms. The van der Waals surface area contributed by atoms with Gasteiger partial charge >= 0.3 is 5.97 Å². The van der Waals surface area contributed by atoms with E-state index < -0.39 is 11.4 Å². The molecule has 0 fully saturated rings. The second-order valence-electron chi connectivity index (χ2n) is 7.69. The minimum Gasteiger partial charge on any atom is -0.425 e. The normalized spacial score (nSPS) is 12.8. The number of aryl methyl sites for hydroxylation is 1. The molecule has 154 valence electrons. The zero-order chi connectivity index (χ0) is 21.1. The van der Waals surface area contributed by atoms with Crippen molar-refractivity contribution in [2.75, 3.05) is 0 Å². The van der Waals surface area contributed by atoms with Gasteiger partial charge in [-0.2, -0.15) is 5.26 Å². The fourth-order valence-corrected chi connectivity index (χ4v) is 3.01. The first-order valence-corrected chi connectivity index (χ1v) is 10.6. The standard InChI is InChI=1S/C24H31N3O2/c1-4-6-8-9-10-19-16-26-22(27-17-19)20-11-13-21(14-12-20)29-23(28)24(3,18-25)15-7-5-2/h11-14,16-17H,4-10,15H2,1-3H3. The van der Waals surface area contributed by atoms with Gasteiger partial charge in [-0.3, -0.25) is 0 Å². The van der Waals surface area contributed by atoms with Gasteiger partial charge in [-0.1, -0.05) is 46.0 Å². The highest BCUT2D eigenvalue weighted by molar-refractivity contribution is 5.81. The summed E-state index contributed by atoms with van der Waals surface area (Å²) in [6.07, 6.45) is 11.9. The molecule has 0 radical (unpaired) electrons. The number of aromatic nitrogens is 2. The van der Waals surface area contributed by atoms with Crippen molar-refractivity contribution in [2.24, 2.45) is 5.41 Å². The Morgan fingerprint density at radius 1 is 1.03 bits per heavy atom. The van der Waals surface area contributed by atoms with E-state index in [2.05, 4.69) is 23.0 Å². The molecule has 0 aliphatic heterocycles. The number of nitriles is 1. The summed E-state index contributed by atoms with van der Waals surface area (Å²) in [6, 6.07) is 9.19. The average molecular weight is 394 g/mol. The molecule has 0 amide bonds. The van der Waals surface area contributed by atoms with Crippen LogP contribution >= 0.6 is 0 Å². The number of esters is 1. The molecule has 0 bridgehead atoms. The fourth-order valence-electron chi connectivity index (χ4n) is 3.01. The van der Waals surface area contributed by atoms with Crippen molar-refractivity contribution in [3.05, 3.63) is 42.2 Å². The van der Waals surface area contributed by atoms with Crippen LogP contribution in [0.1, 0.15) is 71.3 Å². The molecule has 29 heavy (non-hydrogen) atoms. The van der Waals surface area contributed by atoms with Crippen LogP contribution in [-0.2, 0) is 11.2 Å². The Kier molecular flexibility index (Phi) is 8.79. The van der Waals surface area contributed by atoms with Gasteiger partial charge in [0.15, 0.2) is 11.2 Å². The predicted molar refractivity (Wildman–Crippen MR) is 114 cm³/mol. The second-order valence-corrected chi connectivity index (χ2v) is 7.69. The lowest BCUT2D eigenvalue weighted by Crippen LogP contribution is -2.30. The van der Waals surface area contributed by atoms with Gasteiger partial charge in [-0.15, -0.1) is 0 Å². The third-order valence-corrected chi connectivity index (χ3v) is 5.07. The molecule has 1 heterocycles. The lowest BCUT2D eigenvalue weighted by molar-refractivity contribution is -0.142. The van der Waals surface area contributed by atoms with Gasteiger partial charge in [0, 0.05) is 18.0 Å². The molecular weight excluding hydrogens is 362 g/mol. The number of carbonyl (C=O) groups is 1. The molecule has 0 spiro atoms. The number of unbranched alkanes of at least 4 members (excludes halogenated alkanes) is 4. The highest BCUT2D eigenvalue weighted by Crippen LogP contribution is 2.27. The fraction of sp³-hybridized carbons (Fsp3) is 0.500. The van der Waals surface area contributed by atoms with Gasteiger partial charge in [-0.25, -0.2) is 14.8 Å².